The molecular formula is C13H17N5O2S. The largest absolute Gasteiger partial charge is 0.339 e. The van der Waals surface area contributed by atoms with Crippen molar-refractivity contribution in [3.63, 3.8) is 0 Å². The van der Waals surface area contributed by atoms with Crippen LogP contribution in [0.1, 0.15) is 18.1 Å². The first-order valence-electron chi connectivity index (χ1n) is 6.52. The third-order valence-electron chi connectivity index (χ3n) is 2.80. The van der Waals surface area contributed by atoms with Crippen LogP contribution < -0.4 is 16.4 Å². The summed E-state index contributed by atoms with van der Waals surface area (Å²) in [7, 11) is 1.63. The Balaban J connectivity index is 2.26. The summed E-state index contributed by atoms with van der Waals surface area (Å²) in [6.07, 6.45) is 1.79. The number of pyridine rings is 1. The summed E-state index contributed by atoms with van der Waals surface area (Å²) in [5.74, 6) is 0. The molecule has 0 aliphatic carbocycles. The molecule has 0 unspecified atom stereocenters. The monoisotopic (exact) mass is 307 g/mol. The zero-order chi connectivity index (χ0) is 15.4. The predicted octanol–water partition coefficient (Wildman–Crippen LogP) is 0.433. The normalized spacial score (nSPS) is 10.8. The first-order valence-corrected chi connectivity index (χ1v) is 7.34. The van der Waals surface area contributed by atoms with E-state index in [1.165, 1.54) is 16.4 Å². The minimum Gasteiger partial charge on any atom is -0.313 e. The average molecular weight is 307 g/mol. The van der Waals surface area contributed by atoms with E-state index in [1.54, 1.807) is 13.2 Å². The number of rotatable bonds is 5. The molecule has 8 heteroatoms. The number of aromatic amines is 1. The molecule has 0 aliphatic heterocycles. The fourth-order valence-electron chi connectivity index (χ4n) is 1.73. The molecule has 0 fully saturated rings. The summed E-state index contributed by atoms with van der Waals surface area (Å²) < 4.78 is 1.42. The first-order chi connectivity index (χ1) is 10.0. The van der Waals surface area contributed by atoms with Gasteiger partial charge in [0.15, 0.2) is 5.16 Å². The van der Waals surface area contributed by atoms with Crippen molar-refractivity contribution in [2.45, 2.75) is 30.6 Å². The Labute approximate surface area is 125 Å². The summed E-state index contributed by atoms with van der Waals surface area (Å²) >= 11 is 1.25. The second-order valence-corrected chi connectivity index (χ2v) is 5.50. The van der Waals surface area contributed by atoms with Crippen LogP contribution in [0.5, 0.6) is 0 Å². The van der Waals surface area contributed by atoms with Gasteiger partial charge in [0, 0.05) is 19.8 Å². The van der Waals surface area contributed by atoms with Crippen LogP contribution in [0.2, 0.25) is 0 Å². The highest BCUT2D eigenvalue weighted by atomic mass is 32.2. The molecule has 0 radical (unpaired) electrons. The van der Waals surface area contributed by atoms with E-state index in [2.05, 4.69) is 20.4 Å². The molecule has 2 heterocycles. The van der Waals surface area contributed by atoms with Crippen LogP contribution in [-0.2, 0) is 13.6 Å². The predicted molar refractivity (Wildman–Crippen MR) is 80.6 cm³/mol. The molecule has 0 saturated heterocycles. The Hall–Kier alpha value is -1.93. The average Bonchev–Trinajstić information content (AvgIpc) is 2.45. The van der Waals surface area contributed by atoms with Crippen molar-refractivity contribution in [2.24, 2.45) is 7.05 Å². The number of hydrogen-bond donors (Lipinski definition) is 2. The minimum atomic E-state index is -0.794. The third kappa shape index (κ3) is 3.79. The van der Waals surface area contributed by atoms with Gasteiger partial charge in [0.2, 0.25) is 0 Å². The van der Waals surface area contributed by atoms with E-state index in [4.69, 9.17) is 0 Å². The zero-order valence-electron chi connectivity index (χ0n) is 12.1. The molecule has 7 nitrogen and oxygen atoms in total. The highest BCUT2D eigenvalue weighted by Gasteiger charge is 2.09. The SMILES string of the molecule is CCNCc1cnc(Sc2nc(=O)c(=O)[nH]n2C)c(C)c1. The highest BCUT2D eigenvalue weighted by Crippen LogP contribution is 2.25. The van der Waals surface area contributed by atoms with Gasteiger partial charge in [-0.15, -0.1) is 0 Å². The maximum atomic E-state index is 11.3. The van der Waals surface area contributed by atoms with Gasteiger partial charge in [-0.05, 0) is 36.4 Å². The Morgan fingerprint density at radius 3 is 2.86 bits per heavy atom. The van der Waals surface area contributed by atoms with Gasteiger partial charge in [-0.1, -0.05) is 13.0 Å². The Bertz CT molecular complexity index is 753. The van der Waals surface area contributed by atoms with E-state index >= 15 is 0 Å². The van der Waals surface area contributed by atoms with Gasteiger partial charge in [0.1, 0.15) is 5.03 Å². The molecule has 2 N–H and O–H groups in total. The van der Waals surface area contributed by atoms with Crippen molar-refractivity contribution >= 4 is 11.8 Å². The van der Waals surface area contributed by atoms with Crippen LogP contribution in [0.25, 0.3) is 0 Å². The lowest BCUT2D eigenvalue weighted by molar-refractivity contribution is 0.596. The smallest absolute Gasteiger partial charge is 0.313 e. The Morgan fingerprint density at radius 1 is 1.43 bits per heavy atom. The lowest BCUT2D eigenvalue weighted by Crippen LogP contribution is -2.33. The summed E-state index contributed by atoms with van der Waals surface area (Å²) in [6, 6.07) is 2.04. The van der Waals surface area contributed by atoms with Gasteiger partial charge in [-0.3, -0.25) is 19.4 Å². The van der Waals surface area contributed by atoms with Crippen LogP contribution in [0.3, 0.4) is 0 Å². The van der Waals surface area contributed by atoms with Crippen LogP contribution in [0, 0.1) is 6.92 Å². The molecule has 0 atom stereocenters. The topological polar surface area (TPSA) is 92.7 Å². The fourth-order valence-corrected chi connectivity index (χ4v) is 2.54. The van der Waals surface area contributed by atoms with E-state index in [0.717, 1.165) is 29.2 Å². The molecule has 21 heavy (non-hydrogen) atoms. The Morgan fingerprint density at radius 2 is 2.19 bits per heavy atom. The van der Waals surface area contributed by atoms with Gasteiger partial charge in [-0.25, -0.2) is 4.98 Å². The van der Waals surface area contributed by atoms with Crippen LogP contribution >= 0.6 is 11.8 Å². The number of hydrogen-bond acceptors (Lipinski definition) is 6. The molecule has 2 rings (SSSR count). The lowest BCUT2D eigenvalue weighted by atomic mass is 10.2. The van der Waals surface area contributed by atoms with Crippen molar-refractivity contribution < 1.29 is 0 Å². The summed E-state index contributed by atoms with van der Waals surface area (Å²) in [4.78, 5) is 30.7. The number of H-pyrrole nitrogens is 1. The highest BCUT2D eigenvalue weighted by molar-refractivity contribution is 7.99. The lowest BCUT2D eigenvalue weighted by Gasteiger charge is -2.09. The van der Waals surface area contributed by atoms with E-state index in [0.29, 0.717) is 5.16 Å². The molecule has 2 aromatic heterocycles. The number of aryl methyl sites for hydroxylation is 2. The molecule has 0 saturated carbocycles. The van der Waals surface area contributed by atoms with Crippen molar-refractivity contribution in [2.75, 3.05) is 6.54 Å². The molecular weight excluding hydrogens is 290 g/mol. The van der Waals surface area contributed by atoms with E-state index in [1.807, 2.05) is 19.9 Å². The quantitative estimate of drug-likeness (QED) is 0.778. The van der Waals surface area contributed by atoms with Crippen molar-refractivity contribution in [1.82, 2.24) is 25.1 Å². The summed E-state index contributed by atoms with van der Waals surface area (Å²) in [5, 5.41) is 6.81. The van der Waals surface area contributed by atoms with Crippen LogP contribution in [0.15, 0.2) is 32.0 Å². The van der Waals surface area contributed by atoms with E-state index < -0.39 is 11.1 Å². The van der Waals surface area contributed by atoms with Crippen molar-refractivity contribution in [1.29, 1.82) is 0 Å². The second kappa shape index (κ2) is 6.68. The number of aromatic nitrogens is 4. The molecule has 2 aromatic rings. The van der Waals surface area contributed by atoms with E-state index in [-0.39, 0.29) is 0 Å². The van der Waals surface area contributed by atoms with Gasteiger partial charge < -0.3 is 5.32 Å². The minimum absolute atomic E-state index is 0.398. The van der Waals surface area contributed by atoms with Crippen molar-refractivity contribution in [3.8, 4) is 0 Å². The van der Waals surface area contributed by atoms with Gasteiger partial charge in [-0.2, -0.15) is 4.98 Å². The second-order valence-electron chi connectivity index (χ2n) is 4.55. The third-order valence-corrected chi connectivity index (χ3v) is 3.97. The molecule has 0 spiro atoms. The number of nitrogens with one attached hydrogen (secondary N) is 2. The number of nitrogens with zero attached hydrogens (tertiary/aromatic N) is 3. The molecule has 0 amide bonds. The summed E-state index contributed by atoms with van der Waals surface area (Å²) in [5.41, 5.74) is 0.572. The molecule has 112 valence electrons. The fraction of sp³-hybridized carbons (Fsp3) is 0.385. The standard InChI is InChI=1S/C13H17N5O2S/c1-4-14-6-9-5-8(2)12(15-7-9)21-13-16-10(19)11(20)17-18(13)3/h5,7,14H,4,6H2,1-3H3,(H,17,20). The van der Waals surface area contributed by atoms with Gasteiger partial charge in [0.05, 0.1) is 0 Å². The maximum Gasteiger partial charge on any atom is 0.339 e. The van der Waals surface area contributed by atoms with Gasteiger partial charge >= 0.3 is 11.1 Å². The van der Waals surface area contributed by atoms with Gasteiger partial charge in [0.25, 0.3) is 0 Å². The Kier molecular flexibility index (Phi) is 4.92. The molecule has 0 aromatic carbocycles. The molecule has 0 aliphatic rings. The first kappa shape index (κ1) is 15.5. The molecule has 0 bridgehead atoms. The zero-order valence-corrected chi connectivity index (χ0v) is 13.0. The van der Waals surface area contributed by atoms with E-state index in [9.17, 15) is 9.59 Å². The maximum absolute atomic E-state index is 11.3. The summed E-state index contributed by atoms with van der Waals surface area (Å²) in [6.45, 7) is 5.67. The van der Waals surface area contributed by atoms with Crippen LogP contribution in [-0.4, -0.2) is 26.3 Å². The van der Waals surface area contributed by atoms with Crippen LogP contribution in [0.4, 0.5) is 0 Å². The van der Waals surface area contributed by atoms with Crippen molar-refractivity contribution in [3.05, 3.63) is 44.1 Å².